The molecule has 2 aromatic rings. The zero-order valence-electron chi connectivity index (χ0n) is 12.8. The van der Waals surface area contributed by atoms with Crippen molar-refractivity contribution in [1.82, 2.24) is 4.90 Å². The van der Waals surface area contributed by atoms with Crippen molar-refractivity contribution in [3.8, 4) is 5.75 Å². The molecule has 2 aromatic carbocycles. The Bertz CT molecular complexity index is 644. The van der Waals surface area contributed by atoms with Gasteiger partial charge in [0.2, 0.25) is 5.91 Å². The van der Waals surface area contributed by atoms with Gasteiger partial charge in [0.05, 0.1) is 12.4 Å². The lowest BCUT2D eigenvalue weighted by molar-refractivity contribution is -0.129. The molecule has 22 heavy (non-hydrogen) atoms. The van der Waals surface area contributed by atoms with Gasteiger partial charge in [0, 0.05) is 18.5 Å². The van der Waals surface area contributed by atoms with Crippen LogP contribution in [0.1, 0.15) is 11.1 Å². The highest BCUT2D eigenvalue weighted by Crippen LogP contribution is 2.37. The van der Waals surface area contributed by atoms with Crippen LogP contribution in [0.2, 0.25) is 0 Å². The molecule has 0 aromatic heterocycles. The van der Waals surface area contributed by atoms with Crippen LogP contribution in [-0.4, -0.2) is 30.2 Å². The van der Waals surface area contributed by atoms with Crippen molar-refractivity contribution in [2.45, 2.75) is 23.1 Å². The summed E-state index contributed by atoms with van der Waals surface area (Å²) in [5.41, 5.74) is 2.39. The van der Waals surface area contributed by atoms with Crippen molar-refractivity contribution in [3.05, 3.63) is 59.7 Å². The second-order valence-electron chi connectivity index (χ2n) is 5.46. The predicted octanol–water partition coefficient (Wildman–Crippen LogP) is 3.37. The molecule has 0 aliphatic carbocycles. The second-order valence-corrected chi connectivity index (χ2v) is 6.71. The Hall–Kier alpha value is -1.94. The van der Waals surface area contributed by atoms with Gasteiger partial charge in [-0.2, -0.15) is 0 Å². The molecule has 3 rings (SSSR count). The Morgan fingerprint density at radius 2 is 1.95 bits per heavy atom. The summed E-state index contributed by atoms with van der Waals surface area (Å²) >= 11 is 1.68. The number of amides is 1. The van der Waals surface area contributed by atoms with Gasteiger partial charge in [-0.1, -0.05) is 30.3 Å². The Kier molecular flexibility index (Phi) is 4.39. The van der Waals surface area contributed by atoms with Crippen LogP contribution in [0.15, 0.2) is 53.4 Å². The molecule has 1 unspecified atom stereocenters. The molecule has 4 heteroatoms. The summed E-state index contributed by atoms with van der Waals surface area (Å²) in [6.07, 6.45) is 0.826. The summed E-state index contributed by atoms with van der Waals surface area (Å²) in [6.45, 7) is 0.621. The number of fused-ring (bicyclic) bond motifs is 1. The van der Waals surface area contributed by atoms with Crippen LogP contribution in [0.4, 0.5) is 0 Å². The molecule has 114 valence electrons. The lowest BCUT2D eigenvalue weighted by Crippen LogP contribution is -2.34. The maximum Gasteiger partial charge on any atom is 0.236 e. The molecule has 0 saturated carbocycles. The van der Waals surface area contributed by atoms with Gasteiger partial charge in [-0.15, -0.1) is 11.8 Å². The minimum atomic E-state index is 0.000600. The minimum Gasteiger partial charge on any atom is -0.497 e. The van der Waals surface area contributed by atoms with Gasteiger partial charge in [0.25, 0.3) is 0 Å². The van der Waals surface area contributed by atoms with E-state index >= 15 is 0 Å². The molecule has 0 bridgehead atoms. The van der Waals surface area contributed by atoms with Crippen LogP contribution in [-0.2, 0) is 17.8 Å². The van der Waals surface area contributed by atoms with Gasteiger partial charge in [-0.25, -0.2) is 0 Å². The Balaban J connectivity index is 1.63. The van der Waals surface area contributed by atoms with E-state index in [1.807, 2.05) is 48.3 Å². The molecule has 1 heterocycles. The van der Waals surface area contributed by atoms with Crippen LogP contribution in [0.3, 0.4) is 0 Å². The highest BCUT2D eigenvalue weighted by molar-refractivity contribution is 8.01. The average Bonchev–Trinajstić information content (AvgIpc) is 2.98. The number of nitrogens with zero attached hydrogens (tertiary/aromatic N) is 1. The summed E-state index contributed by atoms with van der Waals surface area (Å²) in [6, 6.07) is 16.1. The predicted molar refractivity (Wildman–Crippen MR) is 89.3 cm³/mol. The highest BCUT2D eigenvalue weighted by Gasteiger charge is 2.29. The highest BCUT2D eigenvalue weighted by atomic mass is 32.2. The number of hydrogen-bond acceptors (Lipinski definition) is 3. The van der Waals surface area contributed by atoms with E-state index in [4.69, 9.17) is 4.74 Å². The van der Waals surface area contributed by atoms with Crippen molar-refractivity contribution < 1.29 is 9.53 Å². The molecule has 3 nitrogen and oxygen atoms in total. The molecule has 0 fully saturated rings. The first-order valence-electron chi connectivity index (χ1n) is 7.30. The monoisotopic (exact) mass is 313 g/mol. The molecular weight excluding hydrogens is 294 g/mol. The van der Waals surface area contributed by atoms with E-state index in [2.05, 4.69) is 12.1 Å². The van der Waals surface area contributed by atoms with Crippen molar-refractivity contribution in [2.24, 2.45) is 0 Å². The number of thioether (sulfide) groups is 1. The van der Waals surface area contributed by atoms with Crippen molar-refractivity contribution in [1.29, 1.82) is 0 Å². The Labute approximate surface area is 135 Å². The number of rotatable bonds is 4. The Morgan fingerprint density at radius 3 is 2.64 bits per heavy atom. The molecule has 1 aliphatic heterocycles. The molecule has 1 amide bonds. The third-order valence-corrected chi connectivity index (χ3v) is 5.18. The smallest absolute Gasteiger partial charge is 0.236 e. The molecule has 0 radical (unpaired) electrons. The summed E-state index contributed by atoms with van der Waals surface area (Å²) in [7, 11) is 3.52. The fraction of sp³-hybridized carbons (Fsp3) is 0.278. The van der Waals surface area contributed by atoms with Gasteiger partial charge >= 0.3 is 0 Å². The quantitative estimate of drug-likeness (QED) is 0.867. The second kappa shape index (κ2) is 6.44. The largest absolute Gasteiger partial charge is 0.497 e. The van der Waals surface area contributed by atoms with Gasteiger partial charge in [-0.05, 0) is 35.7 Å². The van der Waals surface area contributed by atoms with Gasteiger partial charge in [0.15, 0.2) is 0 Å². The normalized spacial score (nSPS) is 16.2. The summed E-state index contributed by atoms with van der Waals surface area (Å²) < 4.78 is 5.15. The van der Waals surface area contributed by atoms with E-state index in [0.29, 0.717) is 6.54 Å². The molecular formula is C18H19NO2S. The fourth-order valence-corrected chi connectivity index (χ4v) is 3.96. The zero-order chi connectivity index (χ0) is 15.5. The number of benzene rings is 2. The van der Waals surface area contributed by atoms with Gasteiger partial charge < -0.3 is 9.64 Å². The average molecular weight is 313 g/mol. The molecule has 1 atom stereocenters. The van der Waals surface area contributed by atoms with Crippen LogP contribution < -0.4 is 4.74 Å². The lowest BCUT2D eigenvalue weighted by atomic mass is 10.1. The van der Waals surface area contributed by atoms with E-state index in [-0.39, 0.29) is 11.2 Å². The first-order chi connectivity index (χ1) is 10.7. The fourth-order valence-electron chi connectivity index (χ4n) is 2.65. The third-order valence-electron chi connectivity index (χ3n) is 3.88. The van der Waals surface area contributed by atoms with Crippen LogP contribution >= 0.6 is 11.8 Å². The van der Waals surface area contributed by atoms with Crippen molar-refractivity contribution in [3.63, 3.8) is 0 Å². The van der Waals surface area contributed by atoms with E-state index in [9.17, 15) is 4.79 Å². The Morgan fingerprint density at radius 1 is 1.23 bits per heavy atom. The maximum absolute atomic E-state index is 12.6. The first-order valence-corrected chi connectivity index (χ1v) is 8.18. The van der Waals surface area contributed by atoms with Gasteiger partial charge in [0.1, 0.15) is 5.75 Å². The number of carbonyl (C=O) groups excluding carboxylic acids is 1. The van der Waals surface area contributed by atoms with E-state index in [1.54, 1.807) is 18.9 Å². The van der Waals surface area contributed by atoms with Gasteiger partial charge in [-0.3, -0.25) is 4.79 Å². The van der Waals surface area contributed by atoms with Crippen LogP contribution in [0, 0.1) is 0 Å². The van der Waals surface area contributed by atoms with Crippen LogP contribution in [0.5, 0.6) is 5.75 Å². The van der Waals surface area contributed by atoms with Crippen molar-refractivity contribution >= 4 is 17.7 Å². The third kappa shape index (κ3) is 3.12. The first kappa shape index (κ1) is 15.0. The number of carbonyl (C=O) groups is 1. The number of hydrogen-bond donors (Lipinski definition) is 0. The summed E-state index contributed by atoms with van der Waals surface area (Å²) in [5.74, 6) is 1.02. The van der Waals surface area contributed by atoms with E-state index in [0.717, 1.165) is 17.7 Å². The van der Waals surface area contributed by atoms with E-state index < -0.39 is 0 Å². The standard InChI is InChI=1S/C18H19NO2S/c1-19(12-13-7-9-15(21-2)10-8-13)18(20)17-11-14-5-3-4-6-16(14)22-17/h3-10,17H,11-12H2,1-2H3. The number of ether oxygens (including phenoxy) is 1. The van der Waals surface area contributed by atoms with Crippen molar-refractivity contribution in [2.75, 3.05) is 14.2 Å². The lowest BCUT2D eigenvalue weighted by Gasteiger charge is -2.20. The van der Waals surface area contributed by atoms with Crippen LogP contribution in [0.25, 0.3) is 0 Å². The molecule has 0 saturated heterocycles. The molecule has 0 spiro atoms. The summed E-state index contributed by atoms with van der Waals surface area (Å²) in [4.78, 5) is 15.7. The van der Waals surface area contributed by atoms with E-state index in [1.165, 1.54) is 10.5 Å². The SMILES string of the molecule is COc1ccc(CN(C)C(=O)C2Cc3ccccc3S2)cc1. The zero-order valence-corrected chi connectivity index (χ0v) is 13.6. The minimum absolute atomic E-state index is 0.000600. The number of methoxy groups -OCH3 is 1. The molecule has 0 N–H and O–H groups in total. The summed E-state index contributed by atoms with van der Waals surface area (Å²) in [5, 5.41) is 0.000600. The maximum atomic E-state index is 12.6. The topological polar surface area (TPSA) is 29.5 Å². The molecule has 1 aliphatic rings.